The Morgan fingerprint density at radius 1 is 1.53 bits per heavy atom. The van der Waals surface area contributed by atoms with E-state index in [9.17, 15) is 4.79 Å². The Morgan fingerprint density at radius 3 is 2.89 bits per heavy atom. The van der Waals surface area contributed by atoms with E-state index in [1.165, 1.54) is 0 Å². The van der Waals surface area contributed by atoms with Gasteiger partial charge in [0, 0.05) is 19.3 Å². The summed E-state index contributed by atoms with van der Waals surface area (Å²) in [5.74, 6) is 0.651. The first-order valence-corrected chi connectivity index (χ1v) is 6.72. The molecule has 0 bridgehead atoms. The zero-order valence-corrected chi connectivity index (χ0v) is 11.5. The van der Waals surface area contributed by atoms with Gasteiger partial charge in [-0.2, -0.15) is 0 Å². The molecular weight excluding hydrogens is 242 g/mol. The number of piperidine rings is 1. The monoisotopic (exact) mass is 263 g/mol. The molecule has 5 nitrogen and oxygen atoms in total. The molecule has 1 aliphatic rings. The van der Waals surface area contributed by atoms with Crippen molar-refractivity contribution in [2.75, 3.05) is 20.1 Å². The summed E-state index contributed by atoms with van der Waals surface area (Å²) in [4.78, 5) is 18.1. The molecule has 2 heterocycles. The normalized spacial score (nSPS) is 17.8. The van der Waals surface area contributed by atoms with Gasteiger partial charge in [0.2, 0.25) is 0 Å². The minimum absolute atomic E-state index is 0.0238. The van der Waals surface area contributed by atoms with Gasteiger partial charge in [0.05, 0.1) is 6.20 Å². The van der Waals surface area contributed by atoms with Crippen molar-refractivity contribution in [3.8, 4) is 5.75 Å². The zero-order valence-electron chi connectivity index (χ0n) is 11.5. The third-order valence-corrected chi connectivity index (χ3v) is 3.50. The number of pyridine rings is 1. The lowest BCUT2D eigenvalue weighted by Crippen LogP contribution is -2.48. The number of nitrogens with zero attached hydrogens (tertiary/aromatic N) is 2. The van der Waals surface area contributed by atoms with Crippen LogP contribution < -0.4 is 10.1 Å². The van der Waals surface area contributed by atoms with Crippen molar-refractivity contribution >= 4 is 5.91 Å². The van der Waals surface area contributed by atoms with Crippen LogP contribution in [-0.4, -0.2) is 48.1 Å². The van der Waals surface area contributed by atoms with Gasteiger partial charge in [0.1, 0.15) is 5.75 Å². The molecule has 1 aromatic rings. The molecule has 1 aromatic heterocycles. The van der Waals surface area contributed by atoms with E-state index in [2.05, 4.69) is 10.3 Å². The molecule has 1 saturated heterocycles. The Balaban J connectivity index is 1.90. The van der Waals surface area contributed by atoms with E-state index in [4.69, 9.17) is 4.74 Å². The van der Waals surface area contributed by atoms with Gasteiger partial charge in [-0.15, -0.1) is 0 Å². The Kier molecular flexibility index (Phi) is 4.74. The van der Waals surface area contributed by atoms with Crippen molar-refractivity contribution in [1.29, 1.82) is 0 Å². The fourth-order valence-electron chi connectivity index (χ4n) is 2.33. The van der Waals surface area contributed by atoms with Gasteiger partial charge in [0.15, 0.2) is 6.10 Å². The number of nitrogens with one attached hydrogen (secondary N) is 1. The summed E-state index contributed by atoms with van der Waals surface area (Å²) in [6.45, 7) is 3.73. The number of ether oxygens (including phenoxy) is 1. The highest BCUT2D eigenvalue weighted by atomic mass is 16.5. The van der Waals surface area contributed by atoms with Gasteiger partial charge in [-0.25, -0.2) is 0 Å². The molecule has 104 valence electrons. The Labute approximate surface area is 114 Å². The quantitative estimate of drug-likeness (QED) is 0.882. The second kappa shape index (κ2) is 6.52. The number of hydrogen-bond donors (Lipinski definition) is 1. The summed E-state index contributed by atoms with van der Waals surface area (Å²) >= 11 is 0. The lowest BCUT2D eigenvalue weighted by atomic mass is 10.0. The standard InChI is InChI=1S/C14H21N3O2/c1-11(19-13-4-3-7-16-10-13)14(18)17(2)12-5-8-15-9-6-12/h3-4,7,10-12,15H,5-6,8-9H2,1-2H3. The summed E-state index contributed by atoms with van der Waals surface area (Å²) in [6.07, 6.45) is 4.82. The van der Waals surface area contributed by atoms with Crippen LogP contribution >= 0.6 is 0 Å². The van der Waals surface area contributed by atoms with Gasteiger partial charge in [-0.1, -0.05) is 0 Å². The number of likely N-dealkylation sites (N-methyl/N-ethyl adjacent to an activating group) is 1. The molecule has 1 fully saturated rings. The van der Waals surface area contributed by atoms with Crippen LogP contribution in [0.2, 0.25) is 0 Å². The lowest BCUT2D eigenvalue weighted by molar-refractivity contribution is -0.139. The van der Waals surface area contributed by atoms with Gasteiger partial charge in [-0.05, 0) is 45.0 Å². The summed E-state index contributed by atoms with van der Waals surface area (Å²) in [5.41, 5.74) is 0. The van der Waals surface area contributed by atoms with Crippen LogP contribution in [0, 0.1) is 0 Å². The highest BCUT2D eigenvalue weighted by molar-refractivity contribution is 5.81. The van der Waals surface area contributed by atoms with Crippen molar-refractivity contribution in [2.24, 2.45) is 0 Å². The van der Waals surface area contributed by atoms with Crippen LogP contribution in [0.25, 0.3) is 0 Å². The van der Waals surface area contributed by atoms with Crippen LogP contribution in [0.4, 0.5) is 0 Å². The summed E-state index contributed by atoms with van der Waals surface area (Å²) in [5, 5.41) is 3.30. The van der Waals surface area contributed by atoms with Crippen molar-refractivity contribution in [2.45, 2.75) is 31.9 Å². The van der Waals surface area contributed by atoms with Crippen molar-refractivity contribution < 1.29 is 9.53 Å². The van der Waals surface area contributed by atoms with E-state index < -0.39 is 6.10 Å². The number of carbonyl (C=O) groups is 1. The molecule has 1 amide bonds. The molecule has 1 atom stereocenters. The van der Waals surface area contributed by atoms with E-state index in [1.807, 2.05) is 11.9 Å². The van der Waals surface area contributed by atoms with Crippen LogP contribution in [0.3, 0.4) is 0 Å². The van der Waals surface area contributed by atoms with Gasteiger partial charge in [0.25, 0.3) is 5.91 Å². The molecule has 1 aliphatic heterocycles. The molecule has 1 unspecified atom stereocenters. The van der Waals surface area contributed by atoms with E-state index in [0.29, 0.717) is 11.8 Å². The maximum atomic E-state index is 12.3. The Morgan fingerprint density at radius 2 is 2.26 bits per heavy atom. The lowest BCUT2D eigenvalue weighted by Gasteiger charge is -2.33. The summed E-state index contributed by atoms with van der Waals surface area (Å²) in [7, 11) is 1.86. The summed E-state index contributed by atoms with van der Waals surface area (Å²) in [6, 6.07) is 3.92. The van der Waals surface area contributed by atoms with Gasteiger partial charge in [-0.3, -0.25) is 9.78 Å². The average Bonchev–Trinajstić information content (AvgIpc) is 2.47. The van der Waals surface area contributed by atoms with Crippen molar-refractivity contribution in [3.63, 3.8) is 0 Å². The topological polar surface area (TPSA) is 54.5 Å². The molecule has 19 heavy (non-hydrogen) atoms. The van der Waals surface area contributed by atoms with Crippen LogP contribution in [-0.2, 0) is 4.79 Å². The van der Waals surface area contributed by atoms with Crippen molar-refractivity contribution in [1.82, 2.24) is 15.2 Å². The maximum absolute atomic E-state index is 12.3. The zero-order chi connectivity index (χ0) is 13.7. The second-order valence-corrected chi connectivity index (χ2v) is 4.88. The fourth-order valence-corrected chi connectivity index (χ4v) is 2.33. The molecule has 0 aliphatic carbocycles. The van der Waals surface area contributed by atoms with Crippen LogP contribution in [0.1, 0.15) is 19.8 Å². The first kappa shape index (κ1) is 13.8. The second-order valence-electron chi connectivity index (χ2n) is 4.88. The van der Waals surface area contributed by atoms with E-state index in [1.54, 1.807) is 31.5 Å². The molecule has 5 heteroatoms. The highest BCUT2D eigenvalue weighted by Gasteiger charge is 2.26. The molecule has 0 radical (unpaired) electrons. The van der Waals surface area contributed by atoms with Crippen LogP contribution in [0.5, 0.6) is 5.75 Å². The maximum Gasteiger partial charge on any atom is 0.263 e. The fraction of sp³-hybridized carbons (Fsp3) is 0.571. The van der Waals surface area contributed by atoms with E-state index in [-0.39, 0.29) is 5.91 Å². The third-order valence-electron chi connectivity index (χ3n) is 3.50. The van der Waals surface area contributed by atoms with Crippen LogP contribution in [0.15, 0.2) is 24.5 Å². The number of carbonyl (C=O) groups excluding carboxylic acids is 1. The Hall–Kier alpha value is -1.62. The molecular formula is C14H21N3O2. The molecule has 0 aromatic carbocycles. The van der Waals surface area contributed by atoms with Gasteiger partial charge >= 0.3 is 0 Å². The third kappa shape index (κ3) is 3.67. The number of hydrogen-bond acceptors (Lipinski definition) is 4. The van der Waals surface area contributed by atoms with Gasteiger partial charge < -0.3 is 15.0 Å². The first-order valence-electron chi connectivity index (χ1n) is 6.72. The number of amides is 1. The first-order chi connectivity index (χ1) is 9.18. The highest BCUT2D eigenvalue weighted by Crippen LogP contribution is 2.14. The summed E-state index contributed by atoms with van der Waals surface area (Å²) < 4.78 is 5.62. The SMILES string of the molecule is CC(Oc1cccnc1)C(=O)N(C)C1CCNCC1. The van der Waals surface area contributed by atoms with E-state index >= 15 is 0 Å². The van der Waals surface area contributed by atoms with E-state index in [0.717, 1.165) is 25.9 Å². The Bertz CT molecular complexity index is 404. The smallest absolute Gasteiger partial charge is 0.263 e. The minimum Gasteiger partial charge on any atom is -0.479 e. The number of rotatable bonds is 4. The average molecular weight is 263 g/mol. The molecule has 2 rings (SSSR count). The predicted octanol–water partition coefficient (Wildman–Crippen LogP) is 1.06. The number of aromatic nitrogens is 1. The minimum atomic E-state index is -0.482. The molecule has 0 saturated carbocycles. The molecule has 0 spiro atoms. The predicted molar refractivity (Wildman–Crippen MR) is 73.0 cm³/mol. The van der Waals surface area contributed by atoms with Crippen molar-refractivity contribution in [3.05, 3.63) is 24.5 Å². The molecule has 1 N–H and O–H groups in total. The largest absolute Gasteiger partial charge is 0.479 e.